The second-order valence-electron chi connectivity index (χ2n) is 26.2. The van der Waals surface area contributed by atoms with Crippen LogP contribution in [0.3, 0.4) is 0 Å². The van der Waals surface area contributed by atoms with Crippen molar-refractivity contribution in [2.24, 2.45) is 0 Å². The summed E-state index contributed by atoms with van der Waals surface area (Å²) >= 11 is 0. The average Bonchev–Trinajstić information content (AvgIpc) is 1.81. The molecular formula is C67H87N15O9. The zero-order chi connectivity index (χ0) is 66.6. The van der Waals surface area contributed by atoms with Crippen LogP contribution in [0.2, 0.25) is 0 Å². The molecule has 0 atom stereocenters. The number of aromatic nitrogens is 9. The van der Waals surface area contributed by atoms with Crippen LogP contribution in [-0.4, -0.2) is 121 Å². The maximum absolute atomic E-state index is 13.0. The third-order valence-corrected chi connectivity index (χ3v) is 15.4. The fourth-order valence-electron chi connectivity index (χ4n) is 10.1. The molecule has 0 spiro atoms. The number of carbonyl (C=O) groups excluding carboxylic acids is 3. The van der Waals surface area contributed by atoms with Gasteiger partial charge in [-0.15, -0.1) is 0 Å². The Balaban J connectivity index is 0.000000176. The van der Waals surface area contributed by atoms with Crippen LogP contribution in [0, 0.1) is 22.5 Å². The van der Waals surface area contributed by atoms with Gasteiger partial charge in [0.05, 0.1) is 67.5 Å². The van der Waals surface area contributed by atoms with Crippen LogP contribution in [0.25, 0.3) is 32.7 Å². The molecule has 6 heterocycles. The molecule has 3 amide bonds. The molecule has 10 rings (SSSR count). The molecule has 1 aliphatic carbocycles. The Bertz CT molecular complexity index is 3930. The Labute approximate surface area is 530 Å². The number of anilines is 6. The average molecular weight is 1250 g/mol. The summed E-state index contributed by atoms with van der Waals surface area (Å²) < 4.78 is 7.47. The number of nitrogens with zero attached hydrogens (tertiary/aromatic N) is 12. The lowest BCUT2D eigenvalue weighted by atomic mass is 10.1. The van der Waals surface area contributed by atoms with E-state index in [1.54, 1.807) is 105 Å². The van der Waals surface area contributed by atoms with Crippen LogP contribution >= 0.6 is 0 Å². The molecule has 0 unspecified atom stereocenters. The van der Waals surface area contributed by atoms with Crippen molar-refractivity contribution in [1.29, 1.82) is 0 Å². The summed E-state index contributed by atoms with van der Waals surface area (Å²) in [7, 11) is 11.3. The van der Waals surface area contributed by atoms with Crippen LogP contribution in [0.5, 0.6) is 0 Å². The minimum atomic E-state index is -0.774. The molecule has 1 aliphatic rings. The molecule has 1 fully saturated rings. The molecule has 0 radical (unpaired) electrons. The highest BCUT2D eigenvalue weighted by atomic mass is 16.5. The van der Waals surface area contributed by atoms with Crippen molar-refractivity contribution in [2.45, 2.75) is 143 Å². The van der Waals surface area contributed by atoms with Crippen LogP contribution in [-0.2, 0) is 19.6 Å². The first-order valence-electron chi connectivity index (χ1n) is 30.4. The highest BCUT2D eigenvalue weighted by Crippen LogP contribution is 2.39. The van der Waals surface area contributed by atoms with E-state index in [-0.39, 0.29) is 28.9 Å². The third kappa shape index (κ3) is 17.3. The maximum Gasteiger partial charge on any atom is 0.321 e. The van der Waals surface area contributed by atoms with Gasteiger partial charge in [0, 0.05) is 152 Å². The maximum atomic E-state index is 13.0. The number of benzene rings is 3. The summed E-state index contributed by atoms with van der Waals surface area (Å²) in [4.78, 5) is 44.3. The molecule has 6 aromatic heterocycles. The van der Waals surface area contributed by atoms with Gasteiger partial charge in [-0.25, -0.2) is 0 Å². The number of pyridine rings is 3. The first-order chi connectivity index (χ1) is 42.6. The van der Waals surface area contributed by atoms with E-state index in [0.29, 0.717) is 82.5 Å². The van der Waals surface area contributed by atoms with Crippen molar-refractivity contribution < 1.29 is 43.9 Å². The standard InChI is InChI=1S/C23H29N5O3.C23H31N5O3.C21H27N5O3/c1-23(2,30)10-11-27-14-16-12-18(21(26(3)4)13-17(16)25-27)24-22(29)20-7-5-6-19(28(20)31)15-8-9-15;1-15(2)19-8-7-9-20(28(19)31)22(29)24-18-12-16-14-27(11-10-23(3,4)30)25-17(16)13-21(18)26(5)6;1-14-7-6-8-18(26(14)29)20(27)22-17-11-15-13-25(10-9-21(2,3)28)23-16(15)12-19(17)24(4)5/h5-7,12-15,30H,8-11H2,1-4H3,(H,24,29);7-9,12-15,30H,10-11H2,1-6H3,(H,24,29);6-8,11-13,28H,9-10H2,1-5H3,(H,22,27). The van der Waals surface area contributed by atoms with Crippen molar-refractivity contribution in [3.8, 4) is 0 Å². The van der Waals surface area contributed by atoms with Crippen LogP contribution in [0.4, 0.5) is 34.1 Å². The van der Waals surface area contributed by atoms with Crippen LogP contribution in [0.15, 0.2) is 110 Å². The summed E-state index contributed by atoms with van der Waals surface area (Å²) in [5.74, 6) is -1.10. The van der Waals surface area contributed by atoms with E-state index in [4.69, 9.17) is 0 Å². The first kappa shape index (κ1) is 67.5. The van der Waals surface area contributed by atoms with Gasteiger partial charge in [0.2, 0.25) is 0 Å². The van der Waals surface area contributed by atoms with Gasteiger partial charge < -0.3 is 61.6 Å². The van der Waals surface area contributed by atoms with Crippen molar-refractivity contribution in [3.63, 3.8) is 0 Å². The zero-order valence-electron chi connectivity index (χ0n) is 54.9. The van der Waals surface area contributed by atoms with Gasteiger partial charge >= 0.3 is 17.7 Å². The van der Waals surface area contributed by atoms with Crippen LogP contribution in [0.1, 0.15) is 148 Å². The molecule has 0 saturated heterocycles. The van der Waals surface area contributed by atoms with E-state index in [2.05, 4.69) is 31.2 Å². The van der Waals surface area contributed by atoms with E-state index < -0.39 is 34.5 Å². The number of nitrogens with one attached hydrogen (secondary N) is 3. The van der Waals surface area contributed by atoms with Gasteiger partial charge in [0.25, 0.3) is 17.1 Å². The third-order valence-electron chi connectivity index (χ3n) is 15.4. The number of carbonyl (C=O) groups is 3. The SMILES string of the molecule is CC(C)c1cccc(C(=O)Nc2cc3cn(CCC(C)(C)O)nc3cc2N(C)C)[n+]1[O-].CN(C)c1cc2nn(CCC(C)(C)O)cc2cc1NC(=O)c1cccc(C2CC2)[n+]1[O-].Cc1cccc(C(=O)Nc2cc3cn(CCC(C)(C)O)nc3cc2N(C)C)[n+]1[O-]. The quantitative estimate of drug-likeness (QED) is 0.0307. The fourth-order valence-corrected chi connectivity index (χ4v) is 10.1. The van der Waals surface area contributed by atoms with Gasteiger partial charge in [0.1, 0.15) is 0 Å². The van der Waals surface area contributed by atoms with Gasteiger partial charge in [-0.3, -0.25) is 28.4 Å². The molecular weight excluding hydrogens is 1160 g/mol. The summed E-state index contributed by atoms with van der Waals surface area (Å²) in [6.45, 7) is 17.8. The molecule has 1 saturated carbocycles. The minimum absolute atomic E-state index is 0.00803. The van der Waals surface area contributed by atoms with Crippen molar-refractivity contribution in [3.05, 3.63) is 159 Å². The second-order valence-corrected chi connectivity index (χ2v) is 26.2. The smallest absolute Gasteiger partial charge is 0.321 e. The Morgan fingerprint density at radius 3 is 1.19 bits per heavy atom. The van der Waals surface area contributed by atoms with Crippen molar-refractivity contribution >= 4 is 84.6 Å². The summed E-state index contributed by atoms with van der Waals surface area (Å²) in [5.41, 5.74) is 6.06. The number of hydrogen-bond acceptors (Lipinski definition) is 15. The highest BCUT2D eigenvalue weighted by molar-refractivity contribution is 6.07. The lowest BCUT2D eigenvalue weighted by Gasteiger charge is -2.18. The normalized spacial score (nSPS) is 12.6. The molecule has 0 bridgehead atoms. The molecule has 9 aromatic rings. The summed E-state index contributed by atoms with van der Waals surface area (Å²) in [5, 5.41) is 92.5. The number of hydrogen-bond donors (Lipinski definition) is 6. The van der Waals surface area contributed by atoms with E-state index in [9.17, 15) is 45.3 Å². The molecule has 3 aromatic carbocycles. The monoisotopic (exact) mass is 1250 g/mol. The second kappa shape index (κ2) is 27.4. The molecule has 24 heteroatoms. The van der Waals surface area contributed by atoms with E-state index in [1.165, 1.54) is 12.1 Å². The van der Waals surface area contributed by atoms with Crippen molar-refractivity contribution in [2.75, 3.05) is 72.9 Å². The van der Waals surface area contributed by atoms with E-state index in [0.717, 1.165) is 67.3 Å². The van der Waals surface area contributed by atoms with Crippen molar-refractivity contribution in [1.82, 2.24) is 29.3 Å². The lowest BCUT2D eigenvalue weighted by molar-refractivity contribution is -0.617. The zero-order valence-corrected chi connectivity index (χ0v) is 54.9. The number of rotatable bonds is 20. The van der Waals surface area contributed by atoms with Gasteiger partial charge in [-0.1, -0.05) is 13.8 Å². The molecule has 24 nitrogen and oxygen atoms in total. The van der Waals surface area contributed by atoms with E-state index in [1.807, 2.05) is 126 Å². The van der Waals surface area contributed by atoms with Gasteiger partial charge in [0.15, 0.2) is 17.1 Å². The predicted molar refractivity (Wildman–Crippen MR) is 356 cm³/mol. The highest BCUT2D eigenvalue weighted by Gasteiger charge is 2.33. The Morgan fingerprint density at radius 2 is 0.857 bits per heavy atom. The minimum Gasteiger partial charge on any atom is -0.618 e. The molecule has 484 valence electrons. The Kier molecular flexibility index (Phi) is 20.3. The predicted octanol–water partition coefficient (Wildman–Crippen LogP) is 8.76. The number of amides is 3. The van der Waals surface area contributed by atoms with Gasteiger partial charge in [-0.2, -0.15) is 29.5 Å². The first-order valence-corrected chi connectivity index (χ1v) is 30.4. The molecule has 6 N–H and O–H groups in total. The number of aliphatic hydroxyl groups is 3. The fraction of sp³-hybridized carbons (Fsp3) is 0.418. The summed E-state index contributed by atoms with van der Waals surface area (Å²) in [6.07, 6.45) is 9.38. The van der Waals surface area contributed by atoms with Crippen LogP contribution < -0.4 is 44.8 Å². The Morgan fingerprint density at radius 1 is 0.527 bits per heavy atom. The molecule has 91 heavy (non-hydrogen) atoms. The largest absolute Gasteiger partial charge is 0.618 e. The number of fused-ring (bicyclic) bond motifs is 3. The number of aryl methyl sites for hydroxylation is 4. The molecule has 0 aliphatic heterocycles. The van der Waals surface area contributed by atoms with Gasteiger partial charge in [-0.05, 0) is 128 Å². The topological polar surface area (TPSA) is 292 Å². The summed E-state index contributed by atoms with van der Waals surface area (Å²) in [6, 6.07) is 26.2. The van der Waals surface area contributed by atoms with E-state index >= 15 is 0 Å². The lowest BCUT2D eigenvalue weighted by Crippen LogP contribution is -2.41. The Hall–Kier alpha value is -9.39.